The number of nitrogens with one attached hydrogen (secondary N) is 3. The molecule has 1 amide bonds. The molecule has 0 atom stereocenters. The number of guanidine groups is 1. The van der Waals surface area contributed by atoms with Gasteiger partial charge >= 0.3 is 6.09 Å². The molecule has 1 aromatic rings. The minimum absolute atomic E-state index is 0. The van der Waals surface area contributed by atoms with Crippen LogP contribution in [0.25, 0.3) is 0 Å². The molecule has 0 unspecified atom stereocenters. The van der Waals surface area contributed by atoms with Gasteiger partial charge in [0.25, 0.3) is 0 Å². The number of nitrogens with zero attached hydrogens (tertiary/aromatic N) is 2. The summed E-state index contributed by atoms with van der Waals surface area (Å²) in [6, 6.07) is 8.33. The normalized spacial score (nSPS) is 11.6. The maximum atomic E-state index is 11.7. The van der Waals surface area contributed by atoms with Gasteiger partial charge in [-0.05, 0) is 52.9 Å². The molecule has 0 heterocycles. The summed E-state index contributed by atoms with van der Waals surface area (Å²) in [5.74, 6) is 0.725. The molecule has 1 rings (SSSR count). The Kier molecular flexibility index (Phi) is 12.8. The van der Waals surface area contributed by atoms with E-state index in [-0.39, 0.29) is 24.0 Å². The summed E-state index contributed by atoms with van der Waals surface area (Å²) in [5.41, 5.74) is 1.98. The minimum Gasteiger partial charge on any atom is -0.444 e. The highest BCUT2D eigenvalue weighted by Crippen LogP contribution is 2.11. The Morgan fingerprint density at radius 1 is 1.07 bits per heavy atom. The molecule has 0 aliphatic heterocycles. The molecule has 0 bridgehead atoms. The Morgan fingerprint density at radius 3 is 2.25 bits per heavy atom. The number of aliphatic imine (C=N–C) groups is 1. The van der Waals surface area contributed by atoms with Crippen molar-refractivity contribution in [3.05, 3.63) is 35.4 Å². The maximum absolute atomic E-state index is 11.7. The molecule has 8 heteroatoms. The first-order valence-electron chi connectivity index (χ1n) is 9.42. The van der Waals surface area contributed by atoms with Crippen molar-refractivity contribution in [1.29, 1.82) is 0 Å². The van der Waals surface area contributed by atoms with Crippen LogP contribution in [0.3, 0.4) is 0 Å². The van der Waals surface area contributed by atoms with Gasteiger partial charge in [-0.2, -0.15) is 0 Å². The Morgan fingerprint density at radius 2 is 1.68 bits per heavy atom. The van der Waals surface area contributed by atoms with Crippen LogP contribution in [0.2, 0.25) is 0 Å². The van der Waals surface area contributed by atoms with Crippen molar-refractivity contribution >= 4 is 36.0 Å². The quantitative estimate of drug-likeness (QED) is 0.219. The molecule has 0 saturated heterocycles. The molecule has 7 nitrogen and oxygen atoms in total. The van der Waals surface area contributed by atoms with Gasteiger partial charge in [0.1, 0.15) is 5.60 Å². The third-order valence-corrected chi connectivity index (χ3v) is 3.44. The lowest BCUT2D eigenvalue weighted by molar-refractivity contribution is 0.0529. The third kappa shape index (κ3) is 12.0. The minimum atomic E-state index is -0.492. The van der Waals surface area contributed by atoms with Crippen molar-refractivity contribution in [3.8, 4) is 0 Å². The molecule has 0 aliphatic rings. The fourth-order valence-corrected chi connectivity index (χ4v) is 2.37. The van der Waals surface area contributed by atoms with E-state index < -0.39 is 11.7 Å². The number of hydrogen-bond acceptors (Lipinski definition) is 4. The van der Waals surface area contributed by atoms with E-state index in [1.165, 1.54) is 11.1 Å². The van der Waals surface area contributed by atoms with Gasteiger partial charge in [-0.3, -0.25) is 0 Å². The van der Waals surface area contributed by atoms with Crippen molar-refractivity contribution in [1.82, 2.24) is 20.9 Å². The van der Waals surface area contributed by atoms with Crippen molar-refractivity contribution in [2.75, 3.05) is 33.7 Å². The highest BCUT2D eigenvalue weighted by Gasteiger charge is 2.15. The fraction of sp³-hybridized carbons (Fsp3) is 0.600. The number of benzene rings is 1. The van der Waals surface area contributed by atoms with Gasteiger partial charge in [-0.1, -0.05) is 24.3 Å². The van der Waals surface area contributed by atoms with E-state index in [9.17, 15) is 4.79 Å². The Balaban J connectivity index is 0.00000729. The van der Waals surface area contributed by atoms with Crippen LogP contribution < -0.4 is 16.0 Å². The van der Waals surface area contributed by atoms with Gasteiger partial charge in [0, 0.05) is 26.2 Å². The summed E-state index contributed by atoms with van der Waals surface area (Å²) in [7, 11) is 4.12. The fourth-order valence-electron chi connectivity index (χ4n) is 2.37. The van der Waals surface area contributed by atoms with Crippen LogP contribution >= 0.6 is 24.0 Å². The van der Waals surface area contributed by atoms with E-state index in [0.717, 1.165) is 19.0 Å². The first-order valence-corrected chi connectivity index (χ1v) is 9.42. The number of hydrogen-bond donors (Lipinski definition) is 3. The van der Waals surface area contributed by atoms with Crippen LogP contribution in [0.5, 0.6) is 0 Å². The predicted octanol–water partition coefficient (Wildman–Crippen LogP) is 2.95. The van der Waals surface area contributed by atoms with E-state index in [2.05, 4.69) is 58.1 Å². The van der Waals surface area contributed by atoms with Gasteiger partial charge in [0.15, 0.2) is 5.96 Å². The van der Waals surface area contributed by atoms with Crippen molar-refractivity contribution in [3.63, 3.8) is 0 Å². The zero-order chi connectivity index (χ0) is 20.3. The van der Waals surface area contributed by atoms with Crippen molar-refractivity contribution in [2.45, 2.75) is 46.4 Å². The van der Waals surface area contributed by atoms with Crippen molar-refractivity contribution in [2.24, 2.45) is 4.99 Å². The summed E-state index contributed by atoms with van der Waals surface area (Å²) in [4.78, 5) is 18.5. The molecule has 0 aliphatic carbocycles. The second-order valence-electron chi connectivity index (χ2n) is 7.56. The molecule has 0 fully saturated rings. The zero-order valence-corrected chi connectivity index (χ0v) is 20.3. The number of rotatable bonds is 8. The molecule has 1 aromatic carbocycles. The lowest BCUT2D eigenvalue weighted by Gasteiger charge is -2.20. The Labute approximate surface area is 186 Å². The van der Waals surface area contributed by atoms with E-state index in [4.69, 9.17) is 4.74 Å². The summed E-state index contributed by atoms with van der Waals surface area (Å²) in [6.07, 6.45) is -0.413. The number of alkyl carbamates (subject to hydrolysis) is 1. The van der Waals surface area contributed by atoms with Gasteiger partial charge in [0.2, 0.25) is 0 Å². The van der Waals surface area contributed by atoms with Crippen molar-refractivity contribution < 1.29 is 9.53 Å². The third-order valence-electron chi connectivity index (χ3n) is 3.44. The molecule has 3 N–H and O–H groups in total. The molecular formula is C20H36IN5O2. The molecule has 0 aromatic heterocycles. The van der Waals surface area contributed by atoms with Crippen LogP contribution in [-0.2, 0) is 17.8 Å². The van der Waals surface area contributed by atoms with E-state index >= 15 is 0 Å². The molecule has 0 radical (unpaired) electrons. The maximum Gasteiger partial charge on any atom is 0.407 e. The van der Waals surface area contributed by atoms with Crippen LogP contribution in [0.1, 0.15) is 38.8 Å². The van der Waals surface area contributed by atoms with Gasteiger partial charge in [0.05, 0.1) is 6.54 Å². The highest BCUT2D eigenvalue weighted by atomic mass is 127. The first kappa shape index (κ1) is 26.4. The van der Waals surface area contributed by atoms with Gasteiger partial charge in [-0.25, -0.2) is 9.79 Å². The monoisotopic (exact) mass is 505 g/mol. The average molecular weight is 505 g/mol. The summed E-state index contributed by atoms with van der Waals surface area (Å²) >= 11 is 0. The zero-order valence-electron chi connectivity index (χ0n) is 18.0. The molecule has 28 heavy (non-hydrogen) atoms. The Bertz CT molecular complexity index is 615. The largest absolute Gasteiger partial charge is 0.444 e. The SMILES string of the molecule is CCNC(=NCc1ccccc1CN(C)C)NCCNC(=O)OC(C)(C)C.I. The Hall–Kier alpha value is -1.55. The van der Waals surface area contributed by atoms with Crippen LogP contribution in [0.4, 0.5) is 4.79 Å². The molecule has 0 saturated carbocycles. The highest BCUT2D eigenvalue weighted by molar-refractivity contribution is 14.0. The first-order chi connectivity index (χ1) is 12.7. The van der Waals surface area contributed by atoms with Crippen LogP contribution in [0.15, 0.2) is 29.3 Å². The van der Waals surface area contributed by atoms with Gasteiger partial charge in [-0.15, -0.1) is 24.0 Å². The lowest BCUT2D eigenvalue weighted by Crippen LogP contribution is -2.42. The average Bonchev–Trinajstić information content (AvgIpc) is 2.55. The number of carbonyl (C=O) groups excluding carboxylic acids is 1. The molecule has 160 valence electrons. The van der Waals surface area contributed by atoms with E-state index in [1.807, 2.05) is 33.8 Å². The summed E-state index contributed by atoms with van der Waals surface area (Å²) in [6.45, 7) is 10.8. The second kappa shape index (κ2) is 13.6. The summed E-state index contributed by atoms with van der Waals surface area (Å²) < 4.78 is 5.21. The number of ether oxygens (including phenoxy) is 1. The molecule has 0 spiro atoms. The smallest absolute Gasteiger partial charge is 0.407 e. The van der Waals surface area contributed by atoms with Crippen LogP contribution in [0, 0.1) is 0 Å². The second-order valence-corrected chi connectivity index (χ2v) is 7.56. The van der Waals surface area contributed by atoms with E-state index in [1.54, 1.807) is 0 Å². The van der Waals surface area contributed by atoms with E-state index in [0.29, 0.717) is 19.6 Å². The standard InChI is InChI=1S/C20H35N5O2.HI/c1-7-21-18(22-12-13-23-19(26)27-20(2,3)4)24-14-16-10-8-9-11-17(16)15-25(5)6;/h8-11H,7,12-15H2,1-6H3,(H,23,26)(H2,21,22,24);1H. The lowest BCUT2D eigenvalue weighted by atomic mass is 10.1. The summed E-state index contributed by atoms with van der Waals surface area (Å²) in [5, 5.41) is 9.18. The van der Waals surface area contributed by atoms with Gasteiger partial charge < -0.3 is 25.6 Å². The number of amides is 1. The topological polar surface area (TPSA) is 78.0 Å². The number of carbonyl (C=O) groups is 1. The molecular weight excluding hydrogens is 469 g/mol. The number of halogens is 1. The predicted molar refractivity (Wildman–Crippen MR) is 126 cm³/mol. The van der Waals surface area contributed by atoms with Crippen LogP contribution in [-0.4, -0.2) is 56.3 Å².